The fraction of sp³-hybridized carbons (Fsp3) is 0.800. The van der Waals surface area contributed by atoms with Crippen LogP contribution in [0.2, 0.25) is 0 Å². The Hall–Kier alpha value is -1.43. The van der Waals surface area contributed by atoms with Crippen LogP contribution in [0.3, 0.4) is 0 Å². The first-order chi connectivity index (χ1) is 10.00. The maximum absolute atomic E-state index is 12.7. The first kappa shape index (κ1) is 15.9. The third-order valence-electron chi connectivity index (χ3n) is 4.93. The van der Waals surface area contributed by atoms with Crippen molar-refractivity contribution in [1.29, 1.82) is 0 Å². The van der Waals surface area contributed by atoms with Gasteiger partial charge < -0.3 is 4.74 Å². The van der Waals surface area contributed by atoms with Crippen LogP contribution in [-0.4, -0.2) is 42.0 Å². The molecule has 0 spiro atoms. The maximum atomic E-state index is 12.7. The number of barbiturate groups is 1. The lowest BCUT2D eigenvalue weighted by atomic mass is 9.78. The van der Waals surface area contributed by atoms with E-state index in [4.69, 9.17) is 4.74 Å². The summed E-state index contributed by atoms with van der Waals surface area (Å²) in [5, 5.41) is 2.35. The highest BCUT2D eigenvalue weighted by molar-refractivity contribution is 6.19. The Morgan fingerprint density at radius 1 is 1.24 bits per heavy atom. The van der Waals surface area contributed by atoms with Gasteiger partial charge in [-0.1, -0.05) is 20.8 Å². The molecule has 2 atom stereocenters. The van der Waals surface area contributed by atoms with Crippen LogP contribution in [0.4, 0.5) is 4.79 Å². The minimum Gasteiger partial charge on any atom is -0.378 e. The number of hydrogen-bond acceptors (Lipinski definition) is 4. The maximum Gasteiger partial charge on any atom is 0.330 e. The molecule has 118 valence electrons. The largest absolute Gasteiger partial charge is 0.378 e. The van der Waals surface area contributed by atoms with Gasteiger partial charge in [-0.25, -0.2) is 4.79 Å². The van der Waals surface area contributed by atoms with Crippen LogP contribution in [0.25, 0.3) is 0 Å². The van der Waals surface area contributed by atoms with Gasteiger partial charge in [0.1, 0.15) is 5.41 Å². The van der Waals surface area contributed by atoms with Crippen molar-refractivity contribution in [2.45, 2.75) is 52.6 Å². The summed E-state index contributed by atoms with van der Waals surface area (Å²) < 4.78 is 5.62. The molecule has 0 saturated carbocycles. The number of hydrogen-bond donors (Lipinski definition) is 1. The zero-order valence-corrected chi connectivity index (χ0v) is 13.0. The molecule has 0 aromatic carbocycles. The van der Waals surface area contributed by atoms with Crippen molar-refractivity contribution in [3.63, 3.8) is 0 Å². The number of imide groups is 2. The predicted octanol–water partition coefficient (Wildman–Crippen LogP) is 1.69. The fourth-order valence-electron chi connectivity index (χ4n) is 3.36. The second-order valence-electron chi connectivity index (χ2n) is 5.83. The Labute approximate surface area is 125 Å². The first-order valence-electron chi connectivity index (χ1n) is 7.79. The lowest BCUT2D eigenvalue weighted by Crippen LogP contribution is -2.64. The average molecular weight is 296 g/mol. The molecule has 2 rings (SSSR count). The zero-order chi connectivity index (χ0) is 15.6. The molecule has 21 heavy (non-hydrogen) atoms. The van der Waals surface area contributed by atoms with E-state index in [0.717, 1.165) is 12.8 Å². The molecule has 6 nitrogen and oxygen atoms in total. The average Bonchev–Trinajstić information content (AvgIpc) is 2.92. The number of ether oxygens (including phenoxy) is 1. The van der Waals surface area contributed by atoms with E-state index in [9.17, 15) is 14.4 Å². The Morgan fingerprint density at radius 3 is 2.48 bits per heavy atom. The smallest absolute Gasteiger partial charge is 0.330 e. The Balaban J connectivity index is 2.20. The van der Waals surface area contributed by atoms with Gasteiger partial charge >= 0.3 is 6.03 Å². The lowest BCUT2D eigenvalue weighted by molar-refractivity contribution is -0.152. The van der Waals surface area contributed by atoms with Crippen LogP contribution in [0.5, 0.6) is 0 Å². The van der Waals surface area contributed by atoms with E-state index in [-0.39, 0.29) is 17.9 Å². The summed E-state index contributed by atoms with van der Waals surface area (Å²) in [5.41, 5.74) is -1.10. The molecule has 0 aromatic rings. The van der Waals surface area contributed by atoms with Gasteiger partial charge in [-0.15, -0.1) is 0 Å². The van der Waals surface area contributed by atoms with Crippen molar-refractivity contribution >= 4 is 17.8 Å². The van der Waals surface area contributed by atoms with E-state index < -0.39 is 17.4 Å². The summed E-state index contributed by atoms with van der Waals surface area (Å²) in [6, 6.07) is -0.593. The Kier molecular flexibility index (Phi) is 4.66. The number of carbonyl (C=O) groups excluding carboxylic acids is 3. The van der Waals surface area contributed by atoms with Crippen molar-refractivity contribution in [3.8, 4) is 0 Å². The normalized spacial score (nSPS) is 28.9. The van der Waals surface area contributed by atoms with Crippen molar-refractivity contribution in [2.24, 2.45) is 11.3 Å². The zero-order valence-electron chi connectivity index (χ0n) is 13.0. The quantitative estimate of drug-likeness (QED) is 0.783. The molecule has 0 aromatic heterocycles. The molecule has 4 amide bonds. The minimum atomic E-state index is -1.10. The van der Waals surface area contributed by atoms with Gasteiger partial charge in [-0.05, 0) is 25.7 Å². The minimum absolute atomic E-state index is 0.0841. The summed E-state index contributed by atoms with van der Waals surface area (Å²) in [6.07, 6.45) is 2.59. The van der Waals surface area contributed by atoms with E-state index in [1.807, 2.05) is 20.8 Å². The van der Waals surface area contributed by atoms with Gasteiger partial charge in [0, 0.05) is 19.1 Å². The van der Waals surface area contributed by atoms with Crippen molar-refractivity contribution in [3.05, 3.63) is 0 Å². The van der Waals surface area contributed by atoms with Gasteiger partial charge in [-0.2, -0.15) is 0 Å². The van der Waals surface area contributed by atoms with Gasteiger partial charge in [-0.3, -0.25) is 19.8 Å². The highest BCUT2D eigenvalue weighted by atomic mass is 16.5. The summed E-state index contributed by atoms with van der Waals surface area (Å²) in [6.45, 7) is 6.65. The van der Waals surface area contributed by atoms with E-state index in [1.54, 1.807) is 0 Å². The molecular formula is C15H24N2O4. The monoisotopic (exact) mass is 296 g/mol. The second kappa shape index (κ2) is 6.13. The van der Waals surface area contributed by atoms with E-state index in [1.165, 1.54) is 4.90 Å². The van der Waals surface area contributed by atoms with Gasteiger partial charge in [0.05, 0.1) is 6.10 Å². The van der Waals surface area contributed by atoms with Crippen LogP contribution in [0, 0.1) is 11.3 Å². The van der Waals surface area contributed by atoms with Gasteiger partial charge in [0.25, 0.3) is 0 Å². The first-order valence-corrected chi connectivity index (χ1v) is 7.79. The summed E-state index contributed by atoms with van der Waals surface area (Å²) >= 11 is 0. The molecule has 2 fully saturated rings. The van der Waals surface area contributed by atoms with Crippen molar-refractivity contribution in [2.75, 3.05) is 13.2 Å². The van der Waals surface area contributed by atoms with Crippen molar-refractivity contribution in [1.82, 2.24) is 10.2 Å². The molecule has 0 bridgehead atoms. The SMILES string of the molecule is CCC1OCCC1CN1C(=O)NC(=O)C(CC)(CC)C1=O. The molecule has 2 aliphatic heterocycles. The summed E-state index contributed by atoms with van der Waals surface area (Å²) in [7, 11) is 0. The second-order valence-corrected chi connectivity index (χ2v) is 5.83. The topological polar surface area (TPSA) is 75.7 Å². The number of rotatable bonds is 5. The number of amides is 4. The van der Waals surface area contributed by atoms with Crippen LogP contribution in [0.1, 0.15) is 46.5 Å². The van der Waals surface area contributed by atoms with Gasteiger partial charge in [0.2, 0.25) is 11.8 Å². The number of urea groups is 1. The number of nitrogens with zero attached hydrogens (tertiary/aromatic N) is 1. The predicted molar refractivity (Wildman–Crippen MR) is 76.4 cm³/mol. The summed E-state index contributed by atoms with van der Waals surface area (Å²) in [5.74, 6) is -0.666. The molecule has 6 heteroatoms. The molecule has 1 N–H and O–H groups in total. The van der Waals surface area contributed by atoms with Crippen LogP contribution < -0.4 is 5.32 Å². The standard InChI is InChI=1S/C15H24N2O4/c1-4-11-10(7-8-21-11)9-17-13(19)15(5-2,6-3)12(18)16-14(17)20/h10-11H,4-9H2,1-3H3,(H,16,18,20). The third kappa shape index (κ3) is 2.57. The Bertz CT molecular complexity index is 445. The van der Waals surface area contributed by atoms with Crippen LogP contribution in [0.15, 0.2) is 0 Å². The molecule has 2 heterocycles. The van der Waals surface area contributed by atoms with E-state index >= 15 is 0 Å². The molecule has 0 aliphatic carbocycles. The summed E-state index contributed by atoms with van der Waals surface area (Å²) in [4.78, 5) is 38.1. The fourth-order valence-corrected chi connectivity index (χ4v) is 3.36. The Morgan fingerprint density at radius 2 is 1.90 bits per heavy atom. The number of nitrogens with one attached hydrogen (secondary N) is 1. The van der Waals surface area contributed by atoms with E-state index in [0.29, 0.717) is 26.0 Å². The molecule has 2 saturated heterocycles. The molecule has 0 radical (unpaired) electrons. The highest BCUT2D eigenvalue weighted by Gasteiger charge is 2.52. The highest BCUT2D eigenvalue weighted by Crippen LogP contribution is 2.34. The third-order valence-corrected chi connectivity index (χ3v) is 4.93. The molecular weight excluding hydrogens is 272 g/mol. The van der Waals surface area contributed by atoms with Crippen LogP contribution in [-0.2, 0) is 14.3 Å². The van der Waals surface area contributed by atoms with Crippen LogP contribution >= 0.6 is 0 Å². The van der Waals surface area contributed by atoms with E-state index in [2.05, 4.69) is 5.32 Å². The molecule has 2 unspecified atom stereocenters. The van der Waals surface area contributed by atoms with Gasteiger partial charge in [0.15, 0.2) is 0 Å². The number of carbonyl (C=O) groups is 3. The van der Waals surface area contributed by atoms with Crippen molar-refractivity contribution < 1.29 is 19.1 Å². The molecule has 2 aliphatic rings. The lowest BCUT2D eigenvalue weighted by Gasteiger charge is -2.39.